The SMILES string of the molecule is Cc1ccccc1CCNC1CCCSC1C. The topological polar surface area (TPSA) is 12.0 Å². The van der Waals surface area contributed by atoms with E-state index >= 15 is 0 Å². The Morgan fingerprint density at radius 2 is 2.18 bits per heavy atom. The van der Waals surface area contributed by atoms with E-state index in [4.69, 9.17) is 0 Å². The summed E-state index contributed by atoms with van der Waals surface area (Å²) >= 11 is 2.11. The standard InChI is InChI=1S/C15H23NS/c1-12-6-3-4-7-14(12)9-10-16-15-8-5-11-17-13(15)2/h3-4,6-7,13,15-16H,5,8-11H2,1-2H3. The zero-order chi connectivity index (χ0) is 12.1. The summed E-state index contributed by atoms with van der Waals surface area (Å²) in [5, 5.41) is 4.50. The minimum Gasteiger partial charge on any atom is -0.313 e. The molecule has 1 aromatic rings. The van der Waals surface area contributed by atoms with Gasteiger partial charge in [-0.3, -0.25) is 0 Å². The maximum absolute atomic E-state index is 3.73. The predicted octanol–water partition coefficient (Wildman–Crippen LogP) is 3.41. The van der Waals surface area contributed by atoms with Crippen LogP contribution >= 0.6 is 11.8 Å². The molecule has 2 heteroatoms. The molecular formula is C15H23NS. The van der Waals surface area contributed by atoms with Gasteiger partial charge < -0.3 is 5.32 Å². The van der Waals surface area contributed by atoms with Gasteiger partial charge in [0.2, 0.25) is 0 Å². The van der Waals surface area contributed by atoms with E-state index in [0.717, 1.165) is 24.3 Å². The minimum absolute atomic E-state index is 0.720. The summed E-state index contributed by atoms with van der Waals surface area (Å²) in [5.74, 6) is 1.34. The van der Waals surface area contributed by atoms with Crippen molar-refractivity contribution < 1.29 is 0 Å². The van der Waals surface area contributed by atoms with Crippen molar-refractivity contribution in [2.24, 2.45) is 0 Å². The van der Waals surface area contributed by atoms with E-state index in [1.165, 1.54) is 29.7 Å². The van der Waals surface area contributed by atoms with Gasteiger partial charge in [-0.2, -0.15) is 11.8 Å². The lowest BCUT2D eigenvalue weighted by Gasteiger charge is -2.29. The highest BCUT2D eigenvalue weighted by Crippen LogP contribution is 2.24. The van der Waals surface area contributed by atoms with Gasteiger partial charge in [-0.15, -0.1) is 0 Å². The molecule has 2 unspecified atom stereocenters. The van der Waals surface area contributed by atoms with Crippen LogP contribution in [0.25, 0.3) is 0 Å². The van der Waals surface area contributed by atoms with Gasteiger partial charge in [0, 0.05) is 11.3 Å². The molecule has 2 rings (SSSR count). The quantitative estimate of drug-likeness (QED) is 0.877. The molecule has 0 radical (unpaired) electrons. The molecule has 1 nitrogen and oxygen atoms in total. The molecular weight excluding hydrogens is 226 g/mol. The van der Waals surface area contributed by atoms with Crippen LogP contribution in [0.15, 0.2) is 24.3 Å². The van der Waals surface area contributed by atoms with Crippen LogP contribution in [0.2, 0.25) is 0 Å². The van der Waals surface area contributed by atoms with E-state index in [-0.39, 0.29) is 0 Å². The first-order valence-electron chi connectivity index (χ1n) is 6.67. The molecule has 0 saturated carbocycles. The smallest absolute Gasteiger partial charge is 0.0184 e. The lowest BCUT2D eigenvalue weighted by Crippen LogP contribution is -2.40. The normalized spacial score (nSPS) is 24.8. The molecule has 0 aromatic heterocycles. The van der Waals surface area contributed by atoms with Gasteiger partial charge in [0.1, 0.15) is 0 Å². The first-order chi connectivity index (χ1) is 8.27. The van der Waals surface area contributed by atoms with Crippen molar-refractivity contribution in [3.8, 4) is 0 Å². The maximum Gasteiger partial charge on any atom is 0.0184 e. The predicted molar refractivity (Wildman–Crippen MR) is 77.8 cm³/mol. The third-order valence-corrected chi connectivity index (χ3v) is 5.05. The van der Waals surface area contributed by atoms with Crippen LogP contribution in [0.4, 0.5) is 0 Å². The zero-order valence-electron chi connectivity index (χ0n) is 10.9. The van der Waals surface area contributed by atoms with Gasteiger partial charge in [-0.05, 0) is 49.6 Å². The summed E-state index contributed by atoms with van der Waals surface area (Å²) in [6.45, 7) is 5.67. The number of hydrogen-bond donors (Lipinski definition) is 1. The highest BCUT2D eigenvalue weighted by Gasteiger charge is 2.20. The lowest BCUT2D eigenvalue weighted by molar-refractivity contribution is 0.466. The molecule has 1 N–H and O–H groups in total. The lowest BCUT2D eigenvalue weighted by atomic mass is 10.0. The van der Waals surface area contributed by atoms with Crippen LogP contribution in [0, 0.1) is 6.92 Å². The fourth-order valence-electron chi connectivity index (χ4n) is 2.47. The third kappa shape index (κ3) is 3.75. The summed E-state index contributed by atoms with van der Waals surface area (Å²) in [5.41, 5.74) is 2.90. The molecule has 2 atom stereocenters. The highest BCUT2D eigenvalue weighted by molar-refractivity contribution is 7.99. The molecule has 1 heterocycles. The molecule has 1 aromatic carbocycles. The Kier molecular flexibility index (Phi) is 4.93. The number of benzene rings is 1. The summed E-state index contributed by atoms with van der Waals surface area (Å²) < 4.78 is 0. The molecule has 0 spiro atoms. The summed E-state index contributed by atoms with van der Waals surface area (Å²) in [6, 6.07) is 9.43. The van der Waals surface area contributed by atoms with Gasteiger partial charge in [0.05, 0.1) is 0 Å². The van der Waals surface area contributed by atoms with Crippen molar-refractivity contribution in [2.45, 2.75) is 44.4 Å². The highest BCUT2D eigenvalue weighted by atomic mass is 32.2. The average Bonchev–Trinajstić information content (AvgIpc) is 2.34. The second-order valence-corrected chi connectivity index (χ2v) is 6.44. The van der Waals surface area contributed by atoms with Crippen molar-refractivity contribution >= 4 is 11.8 Å². The van der Waals surface area contributed by atoms with Crippen LogP contribution in [-0.4, -0.2) is 23.6 Å². The molecule has 1 aliphatic rings. The van der Waals surface area contributed by atoms with Gasteiger partial charge in [-0.1, -0.05) is 31.2 Å². The Hall–Kier alpha value is -0.470. The summed E-state index contributed by atoms with van der Waals surface area (Å²) in [6.07, 6.45) is 3.87. The summed E-state index contributed by atoms with van der Waals surface area (Å²) in [4.78, 5) is 0. The van der Waals surface area contributed by atoms with Crippen molar-refractivity contribution in [2.75, 3.05) is 12.3 Å². The third-order valence-electron chi connectivity index (χ3n) is 3.67. The molecule has 0 amide bonds. The Labute approximate surface area is 109 Å². The van der Waals surface area contributed by atoms with E-state index in [0.29, 0.717) is 0 Å². The van der Waals surface area contributed by atoms with Gasteiger partial charge >= 0.3 is 0 Å². The van der Waals surface area contributed by atoms with Gasteiger partial charge in [0.15, 0.2) is 0 Å². The molecule has 94 valence electrons. The van der Waals surface area contributed by atoms with Crippen LogP contribution in [0.1, 0.15) is 30.9 Å². The monoisotopic (exact) mass is 249 g/mol. The number of aryl methyl sites for hydroxylation is 1. The van der Waals surface area contributed by atoms with Crippen LogP contribution in [0.3, 0.4) is 0 Å². The maximum atomic E-state index is 3.73. The fourth-order valence-corrected chi connectivity index (χ4v) is 3.64. The average molecular weight is 249 g/mol. The van der Waals surface area contributed by atoms with Crippen LogP contribution < -0.4 is 5.32 Å². The molecule has 1 saturated heterocycles. The number of thioether (sulfide) groups is 1. The van der Waals surface area contributed by atoms with E-state index < -0.39 is 0 Å². The molecule has 1 fully saturated rings. The van der Waals surface area contributed by atoms with Gasteiger partial charge in [0.25, 0.3) is 0 Å². The molecule has 1 aliphatic heterocycles. The summed E-state index contributed by atoms with van der Waals surface area (Å²) in [7, 11) is 0. The minimum atomic E-state index is 0.720. The Bertz CT molecular complexity index is 351. The van der Waals surface area contributed by atoms with Crippen molar-refractivity contribution in [3.05, 3.63) is 35.4 Å². The Morgan fingerprint density at radius 3 is 2.94 bits per heavy atom. The van der Waals surface area contributed by atoms with Crippen molar-refractivity contribution in [1.82, 2.24) is 5.32 Å². The number of hydrogen-bond acceptors (Lipinski definition) is 2. The van der Waals surface area contributed by atoms with E-state index in [1.54, 1.807) is 0 Å². The fraction of sp³-hybridized carbons (Fsp3) is 0.600. The molecule has 0 aliphatic carbocycles. The van der Waals surface area contributed by atoms with Crippen LogP contribution in [-0.2, 0) is 6.42 Å². The first-order valence-corrected chi connectivity index (χ1v) is 7.72. The Balaban J connectivity index is 1.77. The Morgan fingerprint density at radius 1 is 1.35 bits per heavy atom. The van der Waals surface area contributed by atoms with E-state index in [9.17, 15) is 0 Å². The molecule has 0 bridgehead atoms. The molecule has 17 heavy (non-hydrogen) atoms. The van der Waals surface area contributed by atoms with Crippen LogP contribution in [0.5, 0.6) is 0 Å². The number of nitrogens with one attached hydrogen (secondary N) is 1. The second kappa shape index (κ2) is 6.46. The van der Waals surface area contributed by atoms with Crippen molar-refractivity contribution in [3.63, 3.8) is 0 Å². The van der Waals surface area contributed by atoms with E-state index in [1.807, 2.05) is 0 Å². The second-order valence-electron chi connectivity index (χ2n) is 4.96. The zero-order valence-corrected chi connectivity index (χ0v) is 11.7. The first kappa shape index (κ1) is 13.0. The number of rotatable bonds is 4. The van der Waals surface area contributed by atoms with Gasteiger partial charge in [-0.25, -0.2) is 0 Å². The largest absolute Gasteiger partial charge is 0.313 e. The van der Waals surface area contributed by atoms with E-state index in [2.05, 4.69) is 55.2 Å². The van der Waals surface area contributed by atoms with Crippen molar-refractivity contribution in [1.29, 1.82) is 0 Å².